The minimum atomic E-state index is -0.786. The van der Waals surface area contributed by atoms with E-state index < -0.39 is 11.0 Å². The van der Waals surface area contributed by atoms with Gasteiger partial charge in [-0.05, 0) is 19.9 Å². The van der Waals surface area contributed by atoms with Crippen LogP contribution in [0.15, 0.2) is 18.2 Å². The molecular weight excluding hydrogens is 198 g/mol. The van der Waals surface area contributed by atoms with E-state index in [2.05, 4.69) is 0 Å². The number of hydrogen-bond acceptors (Lipinski definition) is 4. The lowest BCUT2D eigenvalue weighted by atomic mass is 10.1. The Labute approximate surface area is 87.5 Å². The van der Waals surface area contributed by atoms with Crippen LogP contribution in [0.25, 0.3) is 0 Å². The fourth-order valence-corrected chi connectivity index (χ4v) is 1.26. The fourth-order valence-electron chi connectivity index (χ4n) is 1.26. The molecule has 5 nitrogen and oxygen atoms in total. The van der Waals surface area contributed by atoms with Crippen LogP contribution in [0.3, 0.4) is 0 Å². The summed E-state index contributed by atoms with van der Waals surface area (Å²) in [4.78, 5) is 10.0. The zero-order chi connectivity index (χ0) is 11.4. The molecule has 0 spiro atoms. The van der Waals surface area contributed by atoms with Crippen LogP contribution in [0.4, 0.5) is 5.69 Å². The molecule has 0 radical (unpaired) electrons. The van der Waals surface area contributed by atoms with Gasteiger partial charge in [0.15, 0.2) is 0 Å². The first kappa shape index (κ1) is 11.5. The summed E-state index contributed by atoms with van der Waals surface area (Å²) in [5.74, 6) is 0.484. The smallest absolute Gasteiger partial charge is 0.270 e. The third kappa shape index (κ3) is 2.66. The van der Waals surface area contributed by atoms with Crippen molar-refractivity contribution in [1.82, 2.24) is 0 Å². The van der Waals surface area contributed by atoms with Crippen molar-refractivity contribution in [2.45, 2.75) is 20.0 Å². The first-order valence-electron chi connectivity index (χ1n) is 4.65. The number of aliphatic hydroxyl groups is 1. The third-order valence-corrected chi connectivity index (χ3v) is 1.95. The van der Waals surface area contributed by atoms with Gasteiger partial charge in [0.2, 0.25) is 0 Å². The summed E-state index contributed by atoms with van der Waals surface area (Å²) in [5.41, 5.74) is 0.389. The SMILES string of the molecule is CCOc1ccc([N+](=O)[O-])cc1[C@@H](C)O. The number of ether oxygens (including phenoxy) is 1. The molecule has 1 aromatic rings. The van der Waals surface area contributed by atoms with Crippen LogP contribution in [0, 0.1) is 10.1 Å². The van der Waals surface area contributed by atoms with Crippen molar-refractivity contribution >= 4 is 5.69 Å². The zero-order valence-electron chi connectivity index (χ0n) is 8.64. The lowest BCUT2D eigenvalue weighted by Gasteiger charge is -2.11. The molecule has 0 saturated heterocycles. The van der Waals surface area contributed by atoms with Gasteiger partial charge in [0.25, 0.3) is 5.69 Å². The fraction of sp³-hybridized carbons (Fsp3) is 0.400. The van der Waals surface area contributed by atoms with Gasteiger partial charge in [-0.3, -0.25) is 10.1 Å². The standard InChI is InChI=1S/C10H13NO4/c1-3-15-10-5-4-8(11(13)14)6-9(10)7(2)12/h4-7,12H,3H2,1-2H3/t7-/m1/s1. The Balaban J connectivity index is 3.14. The summed E-state index contributed by atoms with van der Waals surface area (Å²) >= 11 is 0. The van der Waals surface area contributed by atoms with Crippen LogP contribution in [-0.2, 0) is 0 Å². The van der Waals surface area contributed by atoms with E-state index in [-0.39, 0.29) is 5.69 Å². The van der Waals surface area contributed by atoms with Crippen LogP contribution in [0.2, 0.25) is 0 Å². The second-order valence-corrected chi connectivity index (χ2v) is 3.09. The van der Waals surface area contributed by atoms with Crippen molar-refractivity contribution in [1.29, 1.82) is 0 Å². The van der Waals surface area contributed by atoms with E-state index in [1.807, 2.05) is 6.92 Å². The minimum Gasteiger partial charge on any atom is -0.493 e. The second-order valence-electron chi connectivity index (χ2n) is 3.09. The Morgan fingerprint density at radius 1 is 1.60 bits per heavy atom. The number of non-ortho nitro benzene ring substituents is 1. The number of nitrogens with zero attached hydrogens (tertiary/aromatic N) is 1. The predicted octanol–water partition coefficient (Wildman–Crippen LogP) is 2.05. The molecule has 0 aliphatic heterocycles. The molecule has 1 rings (SSSR count). The molecule has 82 valence electrons. The van der Waals surface area contributed by atoms with E-state index in [4.69, 9.17) is 4.74 Å². The molecular formula is C10H13NO4. The molecule has 0 unspecified atom stereocenters. The van der Waals surface area contributed by atoms with E-state index in [0.29, 0.717) is 17.9 Å². The quantitative estimate of drug-likeness (QED) is 0.611. The summed E-state index contributed by atoms with van der Waals surface area (Å²) < 4.78 is 5.25. The molecule has 0 aliphatic carbocycles. The highest BCUT2D eigenvalue weighted by Gasteiger charge is 2.14. The molecule has 0 fully saturated rings. The number of hydrogen-bond donors (Lipinski definition) is 1. The lowest BCUT2D eigenvalue weighted by molar-refractivity contribution is -0.385. The van der Waals surface area contributed by atoms with Crippen molar-refractivity contribution in [2.75, 3.05) is 6.61 Å². The monoisotopic (exact) mass is 211 g/mol. The van der Waals surface area contributed by atoms with Gasteiger partial charge >= 0.3 is 0 Å². The van der Waals surface area contributed by atoms with Crippen LogP contribution < -0.4 is 4.74 Å². The molecule has 0 aromatic heterocycles. The molecule has 0 heterocycles. The van der Waals surface area contributed by atoms with Gasteiger partial charge in [0.05, 0.1) is 17.6 Å². The van der Waals surface area contributed by atoms with E-state index in [9.17, 15) is 15.2 Å². The van der Waals surface area contributed by atoms with Crippen LogP contribution in [-0.4, -0.2) is 16.6 Å². The van der Waals surface area contributed by atoms with Crippen molar-refractivity contribution < 1.29 is 14.8 Å². The maximum atomic E-state index is 10.5. The molecule has 1 atom stereocenters. The van der Waals surface area contributed by atoms with Crippen molar-refractivity contribution in [2.24, 2.45) is 0 Å². The van der Waals surface area contributed by atoms with E-state index >= 15 is 0 Å². The molecule has 0 amide bonds. The number of rotatable bonds is 4. The van der Waals surface area contributed by atoms with E-state index in [0.717, 1.165) is 0 Å². The van der Waals surface area contributed by atoms with Crippen LogP contribution in [0.5, 0.6) is 5.75 Å². The molecule has 15 heavy (non-hydrogen) atoms. The third-order valence-electron chi connectivity index (χ3n) is 1.95. The average molecular weight is 211 g/mol. The molecule has 0 aliphatic rings. The number of nitro groups is 1. The molecule has 1 N–H and O–H groups in total. The van der Waals surface area contributed by atoms with Gasteiger partial charge in [0.1, 0.15) is 5.75 Å². The Hall–Kier alpha value is -1.62. The normalized spacial score (nSPS) is 12.2. The van der Waals surface area contributed by atoms with Crippen molar-refractivity contribution in [3.05, 3.63) is 33.9 Å². The highest BCUT2D eigenvalue weighted by molar-refractivity contribution is 5.44. The number of nitro benzene ring substituents is 1. The molecule has 1 aromatic carbocycles. The Morgan fingerprint density at radius 2 is 2.27 bits per heavy atom. The summed E-state index contributed by atoms with van der Waals surface area (Å²) in [6.07, 6.45) is -0.786. The number of aliphatic hydroxyl groups excluding tert-OH is 1. The summed E-state index contributed by atoms with van der Waals surface area (Å²) in [7, 11) is 0. The van der Waals surface area contributed by atoms with E-state index in [1.165, 1.54) is 18.2 Å². The Morgan fingerprint density at radius 3 is 2.73 bits per heavy atom. The van der Waals surface area contributed by atoms with Crippen molar-refractivity contribution in [3.63, 3.8) is 0 Å². The zero-order valence-corrected chi connectivity index (χ0v) is 8.64. The summed E-state index contributed by atoms with van der Waals surface area (Å²) in [6, 6.07) is 4.19. The molecule has 0 saturated carbocycles. The topological polar surface area (TPSA) is 72.6 Å². The Kier molecular flexibility index (Phi) is 3.62. The van der Waals surface area contributed by atoms with Crippen LogP contribution >= 0.6 is 0 Å². The first-order valence-corrected chi connectivity index (χ1v) is 4.65. The van der Waals surface area contributed by atoms with Gasteiger partial charge in [-0.25, -0.2) is 0 Å². The van der Waals surface area contributed by atoms with Gasteiger partial charge in [-0.2, -0.15) is 0 Å². The molecule has 5 heteroatoms. The lowest BCUT2D eigenvalue weighted by Crippen LogP contribution is -2.01. The van der Waals surface area contributed by atoms with Crippen LogP contribution in [0.1, 0.15) is 25.5 Å². The predicted molar refractivity (Wildman–Crippen MR) is 54.9 cm³/mol. The maximum Gasteiger partial charge on any atom is 0.270 e. The molecule has 0 bridgehead atoms. The van der Waals surface area contributed by atoms with E-state index in [1.54, 1.807) is 6.92 Å². The summed E-state index contributed by atoms with van der Waals surface area (Å²) in [6.45, 7) is 3.81. The second kappa shape index (κ2) is 4.75. The maximum absolute atomic E-state index is 10.5. The van der Waals surface area contributed by atoms with Gasteiger partial charge in [-0.1, -0.05) is 0 Å². The minimum absolute atomic E-state index is 0.0469. The largest absolute Gasteiger partial charge is 0.493 e. The first-order chi connectivity index (χ1) is 7.06. The Bertz CT molecular complexity index is 362. The van der Waals surface area contributed by atoms with Gasteiger partial charge < -0.3 is 9.84 Å². The summed E-state index contributed by atoms with van der Waals surface area (Å²) in [5, 5.41) is 20.0. The number of benzene rings is 1. The van der Waals surface area contributed by atoms with Gasteiger partial charge in [-0.15, -0.1) is 0 Å². The highest BCUT2D eigenvalue weighted by atomic mass is 16.6. The van der Waals surface area contributed by atoms with Gasteiger partial charge in [0, 0.05) is 17.7 Å². The average Bonchev–Trinajstić information content (AvgIpc) is 2.18. The highest BCUT2D eigenvalue weighted by Crippen LogP contribution is 2.29. The van der Waals surface area contributed by atoms with Crippen molar-refractivity contribution in [3.8, 4) is 5.75 Å².